The summed E-state index contributed by atoms with van der Waals surface area (Å²) in [5, 5.41) is 5.70. The van der Waals surface area contributed by atoms with Gasteiger partial charge in [0.2, 0.25) is 5.95 Å². The van der Waals surface area contributed by atoms with Crippen molar-refractivity contribution in [2.24, 2.45) is 0 Å². The number of hydrogen-bond acceptors (Lipinski definition) is 9. The highest BCUT2D eigenvalue weighted by atomic mass is 32.2. The zero-order valence-corrected chi connectivity index (χ0v) is 21.1. The SMILES string of the molecule is CSN(C)c1ncccc1CNc1nc(Nc2ccc(C(=O)N3CCOCC3)cc2)ncc1C(F)(F)F. The van der Waals surface area contributed by atoms with Gasteiger partial charge in [0.25, 0.3) is 5.91 Å². The molecule has 2 N–H and O–H groups in total. The Hall–Kier alpha value is -3.58. The number of rotatable bonds is 8. The minimum Gasteiger partial charge on any atom is -0.378 e. The lowest BCUT2D eigenvalue weighted by molar-refractivity contribution is -0.137. The van der Waals surface area contributed by atoms with E-state index >= 15 is 0 Å². The second-order valence-corrected chi connectivity index (χ2v) is 8.99. The number of anilines is 4. The van der Waals surface area contributed by atoms with Gasteiger partial charge in [0.05, 0.1) is 13.2 Å². The molecule has 1 aliphatic rings. The Labute approximate surface area is 216 Å². The summed E-state index contributed by atoms with van der Waals surface area (Å²) in [4.78, 5) is 26.6. The van der Waals surface area contributed by atoms with Crippen LogP contribution in [0.4, 0.5) is 36.4 Å². The van der Waals surface area contributed by atoms with Gasteiger partial charge in [-0.2, -0.15) is 18.2 Å². The molecule has 0 unspecified atom stereocenters. The van der Waals surface area contributed by atoms with Crippen LogP contribution in [0.25, 0.3) is 0 Å². The third-order valence-electron chi connectivity index (χ3n) is 5.67. The molecule has 0 radical (unpaired) electrons. The number of carbonyl (C=O) groups excluding carboxylic acids is 1. The van der Waals surface area contributed by atoms with Gasteiger partial charge in [-0.25, -0.2) is 9.97 Å². The molecule has 1 amide bonds. The van der Waals surface area contributed by atoms with Gasteiger partial charge < -0.3 is 24.6 Å². The lowest BCUT2D eigenvalue weighted by Crippen LogP contribution is -2.40. The Morgan fingerprint density at radius 2 is 1.89 bits per heavy atom. The fourth-order valence-corrected chi connectivity index (χ4v) is 4.01. The molecule has 4 rings (SSSR count). The summed E-state index contributed by atoms with van der Waals surface area (Å²) in [7, 11) is 1.82. The maximum atomic E-state index is 13.7. The average molecular weight is 534 g/mol. The lowest BCUT2D eigenvalue weighted by Gasteiger charge is -2.26. The van der Waals surface area contributed by atoms with Crippen molar-refractivity contribution in [1.82, 2.24) is 19.9 Å². The van der Waals surface area contributed by atoms with E-state index in [1.165, 1.54) is 11.9 Å². The van der Waals surface area contributed by atoms with E-state index in [1.54, 1.807) is 47.5 Å². The van der Waals surface area contributed by atoms with Gasteiger partial charge in [-0.05, 0) is 30.3 Å². The van der Waals surface area contributed by atoms with Crippen LogP contribution in [-0.4, -0.2) is 65.4 Å². The van der Waals surface area contributed by atoms with Crippen molar-refractivity contribution in [2.75, 3.05) is 54.5 Å². The average Bonchev–Trinajstić information content (AvgIpc) is 2.91. The van der Waals surface area contributed by atoms with Crippen molar-refractivity contribution in [3.63, 3.8) is 0 Å². The van der Waals surface area contributed by atoms with Gasteiger partial charge in [0.15, 0.2) is 0 Å². The first-order valence-corrected chi connectivity index (χ1v) is 12.6. The molecule has 1 aliphatic heterocycles. The molecule has 13 heteroatoms. The van der Waals surface area contributed by atoms with E-state index < -0.39 is 11.7 Å². The van der Waals surface area contributed by atoms with Gasteiger partial charge >= 0.3 is 6.18 Å². The monoisotopic (exact) mass is 533 g/mol. The van der Waals surface area contributed by atoms with E-state index in [-0.39, 0.29) is 24.2 Å². The first-order chi connectivity index (χ1) is 17.8. The predicted octanol–water partition coefficient (Wildman–Crippen LogP) is 4.43. The highest BCUT2D eigenvalue weighted by Crippen LogP contribution is 2.34. The van der Waals surface area contributed by atoms with Crippen molar-refractivity contribution in [3.05, 3.63) is 65.5 Å². The standard InChI is InChI=1S/C24H26F3N7O2S/c1-33(37-2)21-17(4-3-9-28-21)14-29-20-19(24(25,26)27)15-30-23(32-20)31-18-7-5-16(6-8-18)22(35)34-10-12-36-13-11-34/h3-9,15H,10-14H2,1-2H3,(H2,29,30,31,32). The van der Waals surface area contributed by atoms with E-state index in [1.807, 2.05) is 17.6 Å². The van der Waals surface area contributed by atoms with Gasteiger partial charge in [-0.3, -0.25) is 4.79 Å². The van der Waals surface area contributed by atoms with Crippen LogP contribution in [0.3, 0.4) is 0 Å². The van der Waals surface area contributed by atoms with Gasteiger partial charge in [-0.15, -0.1) is 0 Å². The van der Waals surface area contributed by atoms with E-state index in [9.17, 15) is 18.0 Å². The molecule has 3 heterocycles. The first-order valence-electron chi connectivity index (χ1n) is 11.4. The maximum absolute atomic E-state index is 13.7. The third-order valence-corrected chi connectivity index (χ3v) is 6.39. The topological polar surface area (TPSA) is 95.5 Å². The van der Waals surface area contributed by atoms with Crippen LogP contribution < -0.4 is 14.9 Å². The summed E-state index contributed by atoms with van der Waals surface area (Å²) < 4.78 is 48.1. The Morgan fingerprint density at radius 1 is 1.16 bits per heavy atom. The molecule has 0 bridgehead atoms. The maximum Gasteiger partial charge on any atom is 0.421 e. The van der Waals surface area contributed by atoms with Gasteiger partial charge in [-0.1, -0.05) is 18.0 Å². The van der Waals surface area contributed by atoms with Crippen molar-refractivity contribution in [2.45, 2.75) is 12.7 Å². The highest BCUT2D eigenvalue weighted by molar-refractivity contribution is 7.99. The van der Waals surface area contributed by atoms with E-state index in [0.29, 0.717) is 48.9 Å². The van der Waals surface area contributed by atoms with Crippen molar-refractivity contribution in [3.8, 4) is 0 Å². The molecule has 0 atom stereocenters. The molecule has 0 aliphatic carbocycles. The molecule has 1 saturated heterocycles. The van der Waals surface area contributed by atoms with Crippen molar-refractivity contribution >= 4 is 41.1 Å². The number of alkyl halides is 3. The first kappa shape index (κ1) is 26.5. The van der Waals surface area contributed by atoms with E-state index in [4.69, 9.17) is 4.74 Å². The fourth-order valence-electron chi connectivity index (χ4n) is 3.68. The molecule has 2 aromatic heterocycles. The molecule has 9 nitrogen and oxygen atoms in total. The molecular weight excluding hydrogens is 507 g/mol. The number of benzene rings is 1. The number of carbonyl (C=O) groups is 1. The Morgan fingerprint density at radius 3 is 2.57 bits per heavy atom. The molecule has 1 aromatic carbocycles. The number of ether oxygens (including phenoxy) is 1. The summed E-state index contributed by atoms with van der Waals surface area (Å²) in [5.41, 5.74) is 0.764. The van der Waals surface area contributed by atoms with E-state index in [0.717, 1.165) is 6.20 Å². The minimum absolute atomic E-state index is 0.0182. The second-order valence-electron chi connectivity index (χ2n) is 8.08. The number of morpholine rings is 1. The van der Waals surface area contributed by atoms with Crippen LogP contribution in [0.15, 0.2) is 48.8 Å². The van der Waals surface area contributed by atoms with Gasteiger partial charge in [0.1, 0.15) is 17.2 Å². The number of nitrogens with one attached hydrogen (secondary N) is 2. The van der Waals surface area contributed by atoms with Gasteiger partial charge in [0, 0.05) is 62.1 Å². The number of halogens is 3. The molecule has 0 saturated carbocycles. The zero-order chi connectivity index (χ0) is 26.4. The van der Waals surface area contributed by atoms with Crippen molar-refractivity contribution in [1.29, 1.82) is 0 Å². The summed E-state index contributed by atoms with van der Waals surface area (Å²) in [6.07, 6.45) is -0.400. The smallest absolute Gasteiger partial charge is 0.378 e. The molecule has 3 aromatic rings. The number of hydrogen-bond donors (Lipinski definition) is 2. The summed E-state index contributed by atoms with van der Waals surface area (Å²) in [6.45, 7) is 2.14. The van der Waals surface area contributed by atoms with Crippen LogP contribution >= 0.6 is 11.9 Å². The van der Waals surface area contributed by atoms with Crippen LogP contribution in [-0.2, 0) is 17.5 Å². The molecule has 0 spiro atoms. The lowest BCUT2D eigenvalue weighted by atomic mass is 10.1. The predicted molar refractivity (Wildman–Crippen MR) is 137 cm³/mol. The number of amides is 1. The molecule has 37 heavy (non-hydrogen) atoms. The number of nitrogens with zero attached hydrogens (tertiary/aromatic N) is 5. The molecule has 196 valence electrons. The molecule has 1 fully saturated rings. The summed E-state index contributed by atoms with van der Waals surface area (Å²) in [5.74, 6) is 0.158. The van der Waals surface area contributed by atoms with Crippen LogP contribution in [0, 0.1) is 0 Å². The Kier molecular flexibility index (Phi) is 8.34. The van der Waals surface area contributed by atoms with Crippen LogP contribution in [0.2, 0.25) is 0 Å². The number of aromatic nitrogens is 3. The summed E-state index contributed by atoms with van der Waals surface area (Å²) in [6, 6.07) is 10.1. The Bertz CT molecular complexity index is 1220. The van der Waals surface area contributed by atoms with Crippen LogP contribution in [0.1, 0.15) is 21.5 Å². The Balaban J connectivity index is 1.51. The molecular formula is C24H26F3N7O2S. The summed E-state index contributed by atoms with van der Waals surface area (Å²) >= 11 is 1.43. The normalized spacial score (nSPS) is 13.8. The number of pyridine rings is 1. The van der Waals surface area contributed by atoms with Crippen LogP contribution in [0.5, 0.6) is 0 Å². The zero-order valence-electron chi connectivity index (χ0n) is 20.2. The second kappa shape index (κ2) is 11.6. The highest BCUT2D eigenvalue weighted by Gasteiger charge is 2.35. The minimum atomic E-state index is -4.64. The quantitative estimate of drug-likeness (QED) is 0.408. The third kappa shape index (κ3) is 6.60. The van der Waals surface area contributed by atoms with Crippen molar-refractivity contribution < 1.29 is 22.7 Å². The largest absolute Gasteiger partial charge is 0.421 e. The fraction of sp³-hybridized carbons (Fsp3) is 0.333. The van der Waals surface area contributed by atoms with E-state index in [2.05, 4.69) is 25.6 Å².